The van der Waals surface area contributed by atoms with Crippen molar-refractivity contribution in [2.75, 3.05) is 5.75 Å². The molecule has 184 valence electrons. The SMILES string of the molecule is CCCCCCCCCCCCSc1ccc(C#Cc2ccc(C#Cc3ccc([N+](=O)[O-])s3)s2)s1. The summed E-state index contributed by atoms with van der Waals surface area (Å²) < 4.78 is 1.34. The van der Waals surface area contributed by atoms with Crippen LogP contribution in [0.3, 0.4) is 0 Å². The van der Waals surface area contributed by atoms with E-state index in [4.69, 9.17) is 0 Å². The van der Waals surface area contributed by atoms with E-state index in [9.17, 15) is 10.1 Å². The van der Waals surface area contributed by atoms with Crippen molar-refractivity contribution >= 4 is 50.8 Å². The summed E-state index contributed by atoms with van der Waals surface area (Å²) in [5, 5.41) is 10.9. The molecule has 0 aliphatic heterocycles. The lowest BCUT2D eigenvalue weighted by Gasteiger charge is -2.02. The lowest BCUT2D eigenvalue weighted by atomic mass is 10.1. The van der Waals surface area contributed by atoms with Crippen LogP contribution in [-0.4, -0.2) is 10.7 Å². The number of unbranched alkanes of at least 4 members (excludes halogenated alkanes) is 9. The van der Waals surface area contributed by atoms with Crippen LogP contribution in [0.4, 0.5) is 5.00 Å². The van der Waals surface area contributed by atoms with E-state index in [0.717, 1.165) is 26.0 Å². The summed E-state index contributed by atoms with van der Waals surface area (Å²) in [5.41, 5.74) is 0. The molecule has 3 rings (SSSR count). The molecule has 0 fully saturated rings. The largest absolute Gasteiger partial charge is 0.325 e. The number of thioether (sulfide) groups is 1. The highest BCUT2D eigenvalue weighted by molar-refractivity contribution is 8.01. The van der Waals surface area contributed by atoms with Crippen molar-refractivity contribution in [2.45, 2.75) is 75.3 Å². The quantitative estimate of drug-likeness (QED) is 0.0711. The van der Waals surface area contributed by atoms with E-state index in [0.29, 0.717) is 4.88 Å². The molecule has 0 aliphatic rings. The summed E-state index contributed by atoms with van der Waals surface area (Å²) in [6.07, 6.45) is 13.8. The molecule has 3 heterocycles. The van der Waals surface area contributed by atoms with Crippen molar-refractivity contribution in [1.82, 2.24) is 0 Å². The highest BCUT2D eigenvalue weighted by Crippen LogP contribution is 2.28. The van der Waals surface area contributed by atoms with Crippen LogP contribution in [0, 0.1) is 33.8 Å². The van der Waals surface area contributed by atoms with Crippen LogP contribution in [0.1, 0.15) is 90.6 Å². The van der Waals surface area contributed by atoms with Crippen LogP contribution in [0.5, 0.6) is 0 Å². The second-order valence-electron chi connectivity index (χ2n) is 8.21. The molecule has 0 atom stereocenters. The Kier molecular flexibility index (Phi) is 12.5. The second-order valence-corrected chi connectivity index (χ2v) is 12.8. The first kappa shape index (κ1) is 27.6. The van der Waals surface area contributed by atoms with Gasteiger partial charge in [0.25, 0.3) is 0 Å². The fourth-order valence-electron chi connectivity index (χ4n) is 3.44. The third-order valence-electron chi connectivity index (χ3n) is 5.32. The van der Waals surface area contributed by atoms with E-state index in [1.165, 1.54) is 80.2 Å². The Hall–Kier alpha value is -2.03. The predicted octanol–water partition coefficient (Wildman–Crippen LogP) is 9.59. The van der Waals surface area contributed by atoms with E-state index in [-0.39, 0.29) is 9.92 Å². The average molecular weight is 542 g/mol. The van der Waals surface area contributed by atoms with E-state index < -0.39 is 0 Å². The molecule has 0 radical (unpaired) electrons. The molecule has 3 aromatic heterocycles. The van der Waals surface area contributed by atoms with Gasteiger partial charge in [-0.25, -0.2) is 0 Å². The van der Waals surface area contributed by atoms with Crippen molar-refractivity contribution in [3.05, 3.63) is 66.0 Å². The first-order valence-corrected chi connectivity index (χ1v) is 15.7. The zero-order valence-corrected chi connectivity index (χ0v) is 23.4. The maximum atomic E-state index is 10.8. The lowest BCUT2D eigenvalue weighted by molar-refractivity contribution is -0.380. The van der Waals surface area contributed by atoms with Gasteiger partial charge in [-0.05, 0) is 66.2 Å². The maximum absolute atomic E-state index is 10.8. The van der Waals surface area contributed by atoms with E-state index in [1.54, 1.807) is 28.7 Å². The Morgan fingerprint density at radius 2 is 1.17 bits per heavy atom. The number of thiophene rings is 3. The van der Waals surface area contributed by atoms with Crippen molar-refractivity contribution in [2.24, 2.45) is 0 Å². The molecule has 0 unspecified atom stereocenters. The van der Waals surface area contributed by atoms with Crippen LogP contribution in [-0.2, 0) is 0 Å². The molecule has 35 heavy (non-hydrogen) atoms. The van der Waals surface area contributed by atoms with Gasteiger partial charge in [0.1, 0.15) is 0 Å². The number of nitrogens with zero attached hydrogens (tertiary/aromatic N) is 1. The van der Waals surface area contributed by atoms with Crippen LogP contribution in [0.25, 0.3) is 0 Å². The molecule has 0 N–H and O–H groups in total. The minimum absolute atomic E-state index is 0.115. The van der Waals surface area contributed by atoms with Crippen molar-refractivity contribution < 1.29 is 4.92 Å². The Morgan fingerprint density at radius 1 is 0.686 bits per heavy atom. The fraction of sp³-hybridized carbons (Fsp3) is 0.429. The second kappa shape index (κ2) is 15.9. The average Bonchev–Trinajstić information content (AvgIpc) is 3.61. The molecule has 3 aromatic rings. The number of nitro groups is 1. The molecule has 0 aliphatic carbocycles. The first-order valence-electron chi connectivity index (χ1n) is 12.2. The summed E-state index contributed by atoms with van der Waals surface area (Å²) in [5.74, 6) is 13.8. The van der Waals surface area contributed by atoms with Gasteiger partial charge in [-0.3, -0.25) is 10.1 Å². The van der Waals surface area contributed by atoms with Crippen LogP contribution in [0.2, 0.25) is 0 Å². The van der Waals surface area contributed by atoms with Crippen LogP contribution < -0.4 is 0 Å². The van der Waals surface area contributed by atoms with Gasteiger partial charge < -0.3 is 0 Å². The van der Waals surface area contributed by atoms with E-state index in [1.807, 2.05) is 23.9 Å². The lowest BCUT2D eigenvalue weighted by Crippen LogP contribution is -1.83. The van der Waals surface area contributed by atoms with Crippen LogP contribution >= 0.6 is 45.8 Å². The number of hydrogen-bond donors (Lipinski definition) is 0. The molecule has 0 bridgehead atoms. The third kappa shape index (κ3) is 10.6. The van der Waals surface area contributed by atoms with Crippen molar-refractivity contribution in [1.29, 1.82) is 0 Å². The highest BCUT2D eigenvalue weighted by Gasteiger charge is 2.07. The Labute approximate surface area is 225 Å². The van der Waals surface area contributed by atoms with Gasteiger partial charge in [0.05, 0.1) is 28.6 Å². The van der Waals surface area contributed by atoms with Gasteiger partial charge in [-0.2, -0.15) is 0 Å². The first-order chi connectivity index (χ1) is 17.1. The summed E-state index contributed by atoms with van der Waals surface area (Å²) in [6.45, 7) is 2.27. The standard InChI is InChI=1S/C28H31NO2S4/c1-2-3-4-5-6-7-8-9-10-11-22-32-28-21-19-26(35-28)17-15-24-13-12-23(33-24)14-16-25-18-20-27(34-25)29(30)31/h12-13,18-21H,2-11,22H2,1H3. The monoisotopic (exact) mass is 541 g/mol. The fourth-order valence-corrected chi connectivity index (χ4v) is 6.89. The molecule has 0 saturated heterocycles. The molecular weight excluding hydrogens is 511 g/mol. The summed E-state index contributed by atoms with van der Waals surface area (Å²) in [7, 11) is 0. The topological polar surface area (TPSA) is 43.1 Å². The molecule has 0 amide bonds. The summed E-state index contributed by atoms with van der Waals surface area (Å²) in [6, 6.07) is 11.4. The van der Waals surface area contributed by atoms with Gasteiger partial charge in [-0.15, -0.1) is 34.4 Å². The number of rotatable bonds is 13. The minimum atomic E-state index is -0.388. The van der Waals surface area contributed by atoms with Gasteiger partial charge in [0.15, 0.2) is 0 Å². The smallest absolute Gasteiger partial charge is 0.258 e. The Balaban J connectivity index is 1.35. The summed E-state index contributed by atoms with van der Waals surface area (Å²) >= 11 is 6.35. The minimum Gasteiger partial charge on any atom is -0.258 e. The third-order valence-corrected chi connectivity index (χ3v) is 9.50. The van der Waals surface area contributed by atoms with Gasteiger partial charge >= 0.3 is 5.00 Å². The molecule has 7 heteroatoms. The Bertz CT molecular complexity index is 1180. The maximum Gasteiger partial charge on any atom is 0.325 e. The number of hydrogen-bond acceptors (Lipinski definition) is 6. The van der Waals surface area contributed by atoms with Crippen molar-refractivity contribution in [3.8, 4) is 23.7 Å². The Morgan fingerprint density at radius 3 is 1.74 bits per heavy atom. The summed E-state index contributed by atoms with van der Waals surface area (Å²) in [4.78, 5) is 14.0. The molecule has 3 nitrogen and oxygen atoms in total. The zero-order chi connectivity index (χ0) is 24.7. The molecule has 0 aromatic carbocycles. The van der Waals surface area contributed by atoms with Gasteiger partial charge in [-0.1, -0.05) is 76.0 Å². The van der Waals surface area contributed by atoms with Crippen LogP contribution in [0.15, 0.2) is 40.6 Å². The normalized spacial score (nSPS) is 10.4. The predicted molar refractivity (Wildman–Crippen MR) is 154 cm³/mol. The molecule has 0 spiro atoms. The van der Waals surface area contributed by atoms with Crippen molar-refractivity contribution in [3.63, 3.8) is 0 Å². The van der Waals surface area contributed by atoms with Gasteiger partial charge in [0.2, 0.25) is 0 Å². The molecule has 0 saturated carbocycles. The van der Waals surface area contributed by atoms with E-state index >= 15 is 0 Å². The van der Waals surface area contributed by atoms with E-state index in [2.05, 4.69) is 42.7 Å². The highest BCUT2D eigenvalue weighted by atomic mass is 32.2. The zero-order valence-electron chi connectivity index (χ0n) is 20.1. The molecular formula is C28H31NO2S4. The van der Waals surface area contributed by atoms with Gasteiger partial charge in [0, 0.05) is 6.07 Å².